The molecule has 108 valence electrons. The van der Waals surface area contributed by atoms with Gasteiger partial charge in [0.25, 0.3) is 0 Å². The van der Waals surface area contributed by atoms with Crippen LogP contribution in [0, 0.1) is 18.3 Å². The molecule has 21 heavy (non-hydrogen) atoms. The van der Waals surface area contributed by atoms with E-state index in [-0.39, 0.29) is 6.04 Å². The van der Waals surface area contributed by atoms with Crippen LogP contribution in [0.25, 0.3) is 0 Å². The topological polar surface area (TPSA) is 78.8 Å². The van der Waals surface area contributed by atoms with E-state index in [1.807, 2.05) is 6.07 Å². The highest BCUT2D eigenvalue weighted by atomic mass is 35.5. The average molecular weight is 304 g/mol. The molecule has 1 fully saturated rings. The summed E-state index contributed by atoms with van der Waals surface area (Å²) in [5.74, 6) is 1.88. The first kappa shape index (κ1) is 13.8. The minimum Gasteiger partial charge on any atom is -0.343 e. The maximum atomic E-state index is 8.90. The van der Waals surface area contributed by atoms with Crippen molar-refractivity contribution in [3.8, 4) is 6.07 Å². The molecular formula is C14H14ClN5O. The number of nitrogens with zero attached hydrogens (tertiary/aromatic N) is 5. The summed E-state index contributed by atoms with van der Waals surface area (Å²) in [7, 11) is 0. The molecule has 1 saturated heterocycles. The Morgan fingerprint density at radius 1 is 1.48 bits per heavy atom. The second-order valence-corrected chi connectivity index (χ2v) is 5.43. The predicted octanol–water partition coefficient (Wildman–Crippen LogP) is 3.03. The Morgan fingerprint density at radius 3 is 3.00 bits per heavy atom. The van der Waals surface area contributed by atoms with Crippen LogP contribution < -0.4 is 4.90 Å². The first-order valence-corrected chi connectivity index (χ1v) is 7.19. The van der Waals surface area contributed by atoms with Gasteiger partial charge in [-0.15, -0.1) is 0 Å². The molecule has 1 atom stereocenters. The maximum Gasteiger partial charge on any atom is 0.249 e. The van der Waals surface area contributed by atoms with Crippen molar-refractivity contribution in [1.82, 2.24) is 15.1 Å². The van der Waals surface area contributed by atoms with E-state index in [0.29, 0.717) is 28.1 Å². The van der Waals surface area contributed by atoms with Crippen molar-refractivity contribution in [3.05, 3.63) is 34.6 Å². The van der Waals surface area contributed by atoms with Crippen LogP contribution in [0.2, 0.25) is 5.02 Å². The molecule has 6 nitrogen and oxygen atoms in total. The fourth-order valence-corrected chi connectivity index (χ4v) is 2.87. The van der Waals surface area contributed by atoms with Crippen LogP contribution in [0.15, 0.2) is 16.8 Å². The third-order valence-corrected chi connectivity index (χ3v) is 3.83. The Kier molecular flexibility index (Phi) is 3.76. The zero-order valence-corrected chi connectivity index (χ0v) is 12.3. The number of anilines is 1. The predicted molar refractivity (Wildman–Crippen MR) is 76.9 cm³/mol. The van der Waals surface area contributed by atoms with Crippen LogP contribution in [-0.2, 0) is 0 Å². The van der Waals surface area contributed by atoms with Crippen LogP contribution in [0.1, 0.15) is 42.6 Å². The highest BCUT2D eigenvalue weighted by molar-refractivity contribution is 6.33. The van der Waals surface area contributed by atoms with Gasteiger partial charge in [0.2, 0.25) is 5.89 Å². The molecule has 0 bridgehead atoms. The molecule has 1 aliphatic heterocycles. The number of rotatable bonds is 2. The van der Waals surface area contributed by atoms with Crippen LogP contribution in [0.3, 0.4) is 0 Å². The largest absolute Gasteiger partial charge is 0.343 e. The van der Waals surface area contributed by atoms with Crippen molar-refractivity contribution in [2.24, 2.45) is 0 Å². The Labute approximate surface area is 127 Å². The molecule has 0 amide bonds. The molecule has 0 spiro atoms. The van der Waals surface area contributed by atoms with Gasteiger partial charge in [0.1, 0.15) is 17.9 Å². The molecule has 1 aliphatic rings. The number of aromatic nitrogens is 3. The standard InChI is InChI=1S/C14H14ClN5O/c1-9-18-14(21-19-9)12-4-2-3-5-20(12)13-11(15)6-10(7-16)8-17-13/h6,8,12H,2-5H2,1H3. The van der Waals surface area contributed by atoms with Gasteiger partial charge >= 0.3 is 0 Å². The molecule has 0 aliphatic carbocycles. The number of piperidine rings is 1. The summed E-state index contributed by atoms with van der Waals surface area (Å²) in [5, 5.41) is 13.2. The number of pyridine rings is 1. The smallest absolute Gasteiger partial charge is 0.249 e. The molecule has 1 unspecified atom stereocenters. The van der Waals surface area contributed by atoms with Crippen LogP contribution in [-0.4, -0.2) is 21.7 Å². The minimum absolute atomic E-state index is 0.0158. The van der Waals surface area contributed by atoms with E-state index in [4.69, 9.17) is 21.4 Å². The minimum atomic E-state index is -0.0158. The normalized spacial score (nSPS) is 18.5. The highest BCUT2D eigenvalue weighted by Crippen LogP contribution is 2.36. The lowest BCUT2D eigenvalue weighted by Gasteiger charge is -2.34. The van der Waals surface area contributed by atoms with E-state index >= 15 is 0 Å². The molecule has 7 heteroatoms. The number of nitriles is 1. The van der Waals surface area contributed by atoms with Gasteiger partial charge in [-0.05, 0) is 32.3 Å². The molecule has 2 aromatic heterocycles. The number of halogens is 1. The fraction of sp³-hybridized carbons (Fsp3) is 0.429. The van der Waals surface area contributed by atoms with E-state index in [0.717, 1.165) is 25.8 Å². The third-order valence-electron chi connectivity index (χ3n) is 3.55. The van der Waals surface area contributed by atoms with Crippen LogP contribution >= 0.6 is 11.6 Å². The maximum absolute atomic E-state index is 8.90. The van der Waals surface area contributed by atoms with E-state index in [2.05, 4.69) is 20.0 Å². The van der Waals surface area contributed by atoms with E-state index in [1.165, 1.54) is 6.20 Å². The van der Waals surface area contributed by atoms with E-state index in [9.17, 15) is 0 Å². The molecule has 2 aromatic rings. The lowest BCUT2D eigenvalue weighted by atomic mass is 10.0. The van der Waals surface area contributed by atoms with Gasteiger partial charge in [-0.3, -0.25) is 0 Å². The molecular weight excluding hydrogens is 290 g/mol. The molecule has 0 radical (unpaired) electrons. The lowest BCUT2D eigenvalue weighted by Crippen LogP contribution is -2.34. The summed E-state index contributed by atoms with van der Waals surface area (Å²) in [6.07, 6.45) is 4.60. The SMILES string of the molecule is Cc1noc(C2CCCCN2c2ncc(C#N)cc2Cl)n1. The van der Waals surface area contributed by atoms with E-state index in [1.54, 1.807) is 13.0 Å². The summed E-state index contributed by atoms with van der Waals surface area (Å²) >= 11 is 6.28. The Balaban J connectivity index is 1.96. The summed E-state index contributed by atoms with van der Waals surface area (Å²) in [4.78, 5) is 10.8. The first-order valence-electron chi connectivity index (χ1n) is 6.81. The van der Waals surface area contributed by atoms with Crippen molar-refractivity contribution in [2.45, 2.75) is 32.2 Å². The zero-order chi connectivity index (χ0) is 14.8. The Morgan fingerprint density at radius 2 is 2.33 bits per heavy atom. The van der Waals surface area contributed by atoms with Gasteiger partial charge in [0, 0.05) is 12.7 Å². The average Bonchev–Trinajstić information content (AvgIpc) is 2.93. The van der Waals surface area contributed by atoms with Gasteiger partial charge < -0.3 is 9.42 Å². The quantitative estimate of drug-likeness (QED) is 0.848. The van der Waals surface area contributed by atoms with Crippen molar-refractivity contribution >= 4 is 17.4 Å². The van der Waals surface area contributed by atoms with Crippen molar-refractivity contribution in [3.63, 3.8) is 0 Å². The van der Waals surface area contributed by atoms with Gasteiger partial charge in [-0.1, -0.05) is 16.8 Å². The van der Waals surface area contributed by atoms with Crippen molar-refractivity contribution < 1.29 is 4.52 Å². The molecule has 0 N–H and O–H groups in total. The fourth-order valence-electron chi connectivity index (χ4n) is 2.59. The number of hydrogen-bond acceptors (Lipinski definition) is 6. The van der Waals surface area contributed by atoms with Crippen LogP contribution in [0.4, 0.5) is 5.82 Å². The van der Waals surface area contributed by atoms with Gasteiger partial charge in [0.15, 0.2) is 5.82 Å². The summed E-state index contributed by atoms with van der Waals surface area (Å²) in [6.45, 7) is 2.62. The zero-order valence-electron chi connectivity index (χ0n) is 11.6. The monoisotopic (exact) mass is 303 g/mol. The Hall–Kier alpha value is -2.13. The van der Waals surface area contributed by atoms with Gasteiger partial charge in [-0.2, -0.15) is 10.2 Å². The van der Waals surface area contributed by atoms with Crippen molar-refractivity contribution in [1.29, 1.82) is 5.26 Å². The lowest BCUT2D eigenvalue weighted by molar-refractivity contribution is 0.320. The third kappa shape index (κ3) is 2.69. The highest BCUT2D eigenvalue weighted by Gasteiger charge is 2.30. The first-order chi connectivity index (χ1) is 10.2. The second kappa shape index (κ2) is 5.70. The molecule has 0 aromatic carbocycles. The molecule has 3 rings (SSSR count). The molecule has 3 heterocycles. The number of aryl methyl sites for hydroxylation is 1. The van der Waals surface area contributed by atoms with Gasteiger partial charge in [-0.25, -0.2) is 4.98 Å². The second-order valence-electron chi connectivity index (χ2n) is 5.03. The summed E-state index contributed by atoms with van der Waals surface area (Å²) < 4.78 is 5.31. The summed E-state index contributed by atoms with van der Waals surface area (Å²) in [6, 6.07) is 3.66. The van der Waals surface area contributed by atoms with Crippen LogP contribution in [0.5, 0.6) is 0 Å². The number of hydrogen-bond donors (Lipinski definition) is 0. The van der Waals surface area contributed by atoms with Crippen molar-refractivity contribution in [2.75, 3.05) is 11.4 Å². The Bertz CT molecular complexity index is 693. The van der Waals surface area contributed by atoms with E-state index < -0.39 is 0 Å². The molecule has 0 saturated carbocycles. The summed E-state index contributed by atoms with van der Waals surface area (Å²) in [5.41, 5.74) is 0.450. The van der Waals surface area contributed by atoms with Gasteiger partial charge in [0.05, 0.1) is 10.6 Å².